The lowest BCUT2D eigenvalue weighted by Crippen LogP contribution is -2.54. The van der Waals surface area contributed by atoms with Crippen molar-refractivity contribution in [2.24, 2.45) is 0 Å². The van der Waals surface area contributed by atoms with Crippen molar-refractivity contribution < 1.29 is 31.2 Å². The lowest BCUT2D eigenvalue weighted by molar-refractivity contribution is -0.140. The summed E-state index contributed by atoms with van der Waals surface area (Å²) in [6.45, 7) is 5.49. The molecule has 7 nitrogen and oxygen atoms in total. The molecule has 3 aromatic rings. The third-order valence-electron chi connectivity index (χ3n) is 6.13. The molecule has 1 N–H and O–H groups in total. The number of benzene rings is 3. The molecular formula is C29H30Cl2F3N3O4S. The Morgan fingerprint density at radius 2 is 1.48 bits per heavy atom. The molecule has 3 rings (SSSR count). The molecular weight excluding hydrogens is 614 g/mol. The van der Waals surface area contributed by atoms with Crippen molar-refractivity contribution in [3.63, 3.8) is 0 Å². The number of amides is 2. The van der Waals surface area contributed by atoms with E-state index >= 15 is 0 Å². The van der Waals surface area contributed by atoms with Crippen LogP contribution in [0.15, 0.2) is 77.7 Å². The fourth-order valence-corrected chi connectivity index (χ4v) is 5.94. The van der Waals surface area contributed by atoms with E-state index in [1.54, 1.807) is 45.0 Å². The summed E-state index contributed by atoms with van der Waals surface area (Å²) in [4.78, 5) is 28.0. The highest BCUT2D eigenvalue weighted by Gasteiger charge is 2.36. The molecule has 0 bridgehead atoms. The molecule has 13 heteroatoms. The topological polar surface area (TPSA) is 86.8 Å². The molecule has 0 aliphatic carbocycles. The average molecular weight is 645 g/mol. The predicted octanol–water partition coefficient (Wildman–Crippen LogP) is 6.54. The van der Waals surface area contributed by atoms with E-state index < -0.39 is 51.7 Å². The van der Waals surface area contributed by atoms with Crippen LogP contribution in [0.25, 0.3) is 0 Å². The van der Waals surface area contributed by atoms with Gasteiger partial charge in [0.25, 0.3) is 10.0 Å². The number of nitrogens with zero attached hydrogens (tertiary/aromatic N) is 2. The zero-order chi connectivity index (χ0) is 31.5. The summed E-state index contributed by atoms with van der Waals surface area (Å²) in [7, 11) is -4.54. The Balaban J connectivity index is 2.13. The van der Waals surface area contributed by atoms with E-state index in [9.17, 15) is 31.2 Å². The monoisotopic (exact) mass is 643 g/mol. The van der Waals surface area contributed by atoms with Gasteiger partial charge in [-0.2, -0.15) is 13.2 Å². The van der Waals surface area contributed by atoms with Gasteiger partial charge in [-0.1, -0.05) is 53.5 Å². The molecule has 3 aromatic carbocycles. The first-order valence-electron chi connectivity index (χ1n) is 12.7. The SMILES string of the molecule is CC(C(=O)NC(C)(C)C)N(Cc1c(Cl)cccc1Cl)C(=O)CN(c1cccc(C(F)(F)F)c1)S(=O)(=O)c1ccccc1. The van der Waals surface area contributed by atoms with Gasteiger partial charge in [0.15, 0.2) is 0 Å². The van der Waals surface area contributed by atoms with Gasteiger partial charge in [-0.25, -0.2) is 8.42 Å². The number of nitrogens with one attached hydrogen (secondary N) is 1. The van der Waals surface area contributed by atoms with Gasteiger partial charge in [0, 0.05) is 27.7 Å². The Labute approximate surface area is 253 Å². The van der Waals surface area contributed by atoms with E-state index in [4.69, 9.17) is 23.2 Å². The smallest absolute Gasteiger partial charge is 0.350 e. The molecule has 0 radical (unpaired) electrons. The molecule has 0 aliphatic rings. The Bertz CT molecular complexity index is 1530. The number of carbonyl (C=O) groups excluding carboxylic acids is 2. The number of hydrogen-bond acceptors (Lipinski definition) is 4. The highest BCUT2D eigenvalue weighted by molar-refractivity contribution is 7.92. The number of rotatable bonds is 9. The van der Waals surface area contributed by atoms with Crippen LogP contribution in [0.4, 0.5) is 18.9 Å². The minimum absolute atomic E-state index is 0.204. The molecule has 1 unspecified atom stereocenters. The second-order valence-corrected chi connectivity index (χ2v) is 13.2. The maximum absolute atomic E-state index is 14.0. The molecule has 226 valence electrons. The van der Waals surface area contributed by atoms with Crippen LogP contribution in [0, 0.1) is 0 Å². The molecule has 2 amide bonds. The van der Waals surface area contributed by atoms with Crippen molar-refractivity contribution >= 4 is 50.7 Å². The Hall–Kier alpha value is -3.28. The summed E-state index contributed by atoms with van der Waals surface area (Å²) in [6.07, 6.45) is -4.77. The molecule has 0 fully saturated rings. The Kier molecular flexibility index (Phi) is 10.2. The highest BCUT2D eigenvalue weighted by atomic mass is 35.5. The van der Waals surface area contributed by atoms with Crippen molar-refractivity contribution in [3.05, 3.63) is 94.0 Å². The minimum atomic E-state index is -4.77. The minimum Gasteiger partial charge on any atom is -0.350 e. The van der Waals surface area contributed by atoms with Crippen molar-refractivity contribution in [3.8, 4) is 0 Å². The number of carbonyl (C=O) groups is 2. The van der Waals surface area contributed by atoms with Gasteiger partial charge >= 0.3 is 6.18 Å². The summed E-state index contributed by atoms with van der Waals surface area (Å²) in [5.74, 6) is -1.42. The first-order chi connectivity index (χ1) is 19.4. The van der Waals surface area contributed by atoms with Crippen LogP contribution < -0.4 is 9.62 Å². The molecule has 0 aromatic heterocycles. The summed E-state index contributed by atoms with van der Waals surface area (Å²) in [6, 6.07) is 14.2. The maximum Gasteiger partial charge on any atom is 0.416 e. The summed E-state index contributed by atoms with van der Waals surface area (Å²) >= 11 is 12.7. The lowest BCUT2D eigenvalue weighted by Gasteiger charge is -2.34. The molecule has 0 aliphatic heterocycles. The van der Waals surface area contributed by atoms with E-state index in [1.807, 2.05) is 0 Å². The van der Waals surface area contributed by atoms with Crippen LogP contribution in [0.5, 0.6) is 0 Å². The summed E-state index contributed by atoms with van der Waals surface area (Å²) in [5.41, 5.74) is -1.84. The zero-order valence-electron chi connectivity index (χ0n) is 23.2. The fourth-order valence-electron chi connectivity index (χ4n) is 4.00. The van der Waals surface area contributed by atoms with Crippen LogP contribution in [-0.2, 0) is 32.3 Å². The van der Waals surface area contributed by atoms with Gasteiger partial charge < -0.3 is 10.2 Å². The number of hydrogen-bond donors (Lipinski definition) is 1. The number of alkyl halides is 3. The standard InChI is InChI=1S/C29H30Cl2F3N3O4S/c1-19(27(39)35-28(2,3)4)36(17-23-24(30)14-9-15-25(23)31)26(38)18-37(42(40,41)22-12-6-5-7-13-22)21-11-8-10-20(16-21)29(32,33)34/h5-16,19H,17-18H2,1-4H3,(H,35,39). The molecule has 0 saturated heterocycles. The highest BCUT2D eigenvalue weighted by Crippen LogP contribution is 2.34. The second kappa shape index (κ2) is 12.9. The van der Waals surface area contributed by atoms with Gasteiger partial charge in [-0.05, 0) is 70.2 Å². The Morgan fingerprint density at radius 1 is 0.905 bits per heavy atom. The van der Waals surface area contributed by atoms with Gasteiger partial charge in [-0.3, -0.25) is 13.9 Å². The number of sulfonamides is 1. The van der Waals surface area contributed by atoms with Crippen LogP contribution in [0.1, 0.15) is 38.8 Å². The molecule has 42 heavy (non-hydrogen) atoms. The van der Waals surface area contributed by atoms with Crippen LogP contribution in [0.2, 0.25) is 10.0 Å². The summed E-state index contributed by atoms with van der Waals surface area (Å²) < 4.78 is 68.8. The first kappa shape index (κ1) is 33.2. The zero-order valence-corrected chi connectivity index (χ0v) is 25.6. The van der Waals surface area contributed by atoms with Crippen LogP contribution >= 0.6 is 23.2 Å². The van der Waals surface area contributed by atoms with E-state index in [1.165, 1.54) is 31.2 Å². The van der Waals surface area contributed by atoms with E-state index in [2.05, 4.69) is 5.32 Å². The van der Waals surface area contributed by atoms with Gasteiger partial charge in [0.05, 0.1) is 16.1 Å². The average Bonchev–Trinajstić information content (AvgIpc) is 2.90. The van der Waals surface area contributed by atoms with Gasteiger partial charge in [0.2, 0.25) is 11.8 Å². The third-order valence-corrected chi connectivity index (χ3v) is 8.62. The van der Waals surface area contributed by atoms with Crippen molar-refractivity contribution in [2.45, 2.75) is 56.9 Å². The van der Waals surface area contributed by atoms with Crippen LogP contribution in [-0.4, -0.2) is 43.3 Å². The second-order valence-electron chi connectivity index (χ2n) is 10.5. The molecule has 0 spiro atoms. The predicted molar refractivity (Wildman–Crippen MR) is 157 cm³/mol. The van der Waals surface area contributed by atoms with E-state index in [-0.39, 0.29) is 27.2 Å². The molecule has 0 saturated carbocycles. The van der Waals surface area contributed by atoms with E-state index in [0.717, 1.165) is 23.1 Å². The first-order valence-corrected chi connectivity index (χ1v) is 14.9. The van der Waals surface area contributed by atoms with E-state index in [0.29, 0.717) is 15.9 Å². The lowest BCUT2D eigenvalue weighted by atomic mass is 10.1. The molecule has 0 heterocycles. The van der Waals surface area contributed by atoms with Crippen molar-refractivity contribution in [2.75, 3.05) is 10.8 Å². The van der Waals surface area contributed by atoms with Crippen molar-refractivity contribution in [1.29, 1.82) is 0 Å². The normalized spacial score (nSPS) is 12.9. The fraction of sp³-hybridized carbons (Fsp3) is 0.310. The number of anilines is 1. The Morgan fingerprint density at radius 3 is 2.02 bits per heavy atom. The van der Waals surface area contributed by atoms with Gasteiger partial charge in [-0.15, -0.1) is 0 Å². The summed E-state index contributed by atoms with van der Waals surface area (Å²) in [5, 5.41) is 3.19. The van der Waals surface area contributed by atoms with Crippen LogP contribution in [0.3, 0.4) is 0 Å². The quantitative estimate of drug-likeness (QED) is 0.287. The number of halogens is 5. The van der Waals surface area contributed by atoms with Gasteiger partial charge in [0.1, 0.15) is 12.6 Å². The third kappa shape index (κ3) is 8.17. The maximum atomic E-state index is 14.0. The van der Waals surface area contributed by atoms with Crippen molar-refractivity contribution in [1.82, 2.24) is 10.2 Å². The molecule has 1 atom stereocenters. The largest absolute Gasteiger partial charge is 0.416 e.